The molecule has 1 aromatic rings. The SMILES string of the molecule is COC(=O)c1c(NC(=O)CN2CCN([C@H](C)C(=O)NC3CC3)CC2)sc2c1CC[C@@H](C)C2. The van der Waals surface area contributed by atoms with Gasteiger partial charge in [-0.2, -0.15) is 0 Å². The van der Waals surface area contributed by atoms with E-state index in [4.69, 9.17) is 4.74 Å². The predicted molar refractivity (Wildman–Crippen MR) is 124 cm³/mol. The average Bonchev–Trinajstić information content (AvgIpc) is 3.52. The zero-order valence-corrected chi connectivity index (χ0v) is 20.1. The zero-order chi connectivity index (χ0) is 22.8. The molecule has 9 heteroatoms. The zero-order valence-electron chi connectivity index (χ0n) is 19.2. The molecule has 2 atom stereocenters. The Labute approximate surface area is 193 Å². The van der Waals surface area contributed by atoms with Crippen molar-refractivity contribution in [1.82, 2.24) is 15.1 Å². The van der Waals surface area contributed by atoms with E-state index < -0.39 is 0 Å². The van der Waals surface area contributed by atoms with Gasteiger partial charge in [-0.3, -0.25) is 19.4 Å². The second-order valence-electron chi connectivity index (χ2n) is 9.37. The van der Waals surface area contributed by atoms with Gasteiger partial charge in [0.1, 0.15) is 5.00 Å². The van der Waals surface area contributed by atoms with E-state index in [-0.39, 0.29) is 30.4 Å². The minimum atomic E-state index is -0.376. The standard InChI is InChI=1S/C23H34N4O4S/c1-14-4-7-17-18(12-14)32-22(20(17)23(30)31-3)25-19(28)13-26-8-10-27(11-9-26)15(2)21(29)24-16-5-6-16/h14-16H,4-13H2,1-3H3,(H,24,29)(H,25,28)/t14-,15-/m1/s1. The van der Waals surface area contributed by atoms with Crippen LogP contribution in [0.25, 0.3) is 0 Å². The Morgan fingerprint density at radius 1 is 1.16 bits per heavy atom. The number of rotatable bonds is 7. The summed E-state index contributed by atoms with van der Waals surface area (Å²) < 4.78 is 5.01. The van der Waals surface area contributed by atoms with Crippen LogP contribution in [0.3, 0.4) is 0 Å². The summed E-state index contributed by atoms with van der Waals surface area (Å²) in [6, 6.07) is 0.227. The van der Waals surface area contributed by atoms with Gasteiger partial charge in [-0.25, -0.2) is 4.79 Å². The summed E-state index contributed by atoms with van der Waals surface area (Å²) >= 11 is 1.51. The Morgan fingerprint density at radius 2 is 1.88 bits per heavy atom. The molecule has 1 aliphatic heterocycles. The molecule has 0 spiro atoms. The number of carbonyl (C=O) groups is 3. The van der Waals surface area contributed by atoms with Gasteiger partial charge in [-0.15, -0.1) is 11.3 Å². The topological polar surface area (TPSA) is 91.0 Å². The molecule has 2 fully saturated rings. The summed E-state index contributed by atoms with van der Waals surface area (Å²) in [5.41, 5.74) is 1.58. The molecular weight excluding hydrogens is 428 g/mol. The summed E-state index contributed by atoms with van der Waals surface area (Å²) in [4.78, 5) is 43.0. The van der Waals surface area contributed by atoms with Crippen molar-refractivity contribution in [2.45, 2.75) is 58.0 Å². The molecular formula is C23H34N4O4S. The van der Waals surface area contributed by atoms with Crippen molar-refractivity contribution in [2.75, 3.05) is 45.2 Å². The van der Waals surface area contributed by atoms with Gasteiger partial charge in [0.2, 0.25) is 11.8 Å². The highest BCUT2D eigenvalue weighted by molar-refractivity contribution is 7.17. The molecule has 2 amide bonds. The fourth-order valence-electron chi connectivity index (χ4n) is 4.55. The predicted octanol–water partition coefficient (Wildman–Crippen LogP) is 1.88. The van der Waals surface area contributed by atoms with E-state index in [1.165, 1.54) is 23.3 Å². The van der Waals surface area contributed by atoms with E-state index >= 15 is 0 Å². The lowest BCUT2D eigenvalue weighted by atomic mass is 9.88. The van der Waals surface area contributed by atoms with Crippen molar-refractivity contribution < 1.29 is 19.1 Å². The Kier molecular flexibility index (Phi) is 7.17. The van der Waals surface area contributed by atoms with Crippen LogP contribution in [0.4, 0.5) is 5.00 Å². The third-order valence-electron chi connectivity index (χ3n) is 6.78. The summed E-state index contributed by atoms with van der Waals surface area (Å²) in [6.07, 6.45) is 5.01. The lowest BCUT2D eigenvalue weighted by molar-refractivity contribution is -0.127. The van der Waals surface area contributed by atoms with Gasteiger partial charge in [0, 0.05) is 37.1 Å². The third kappa shape index (κ3) is 5.32. The van der Waals surface area contributed by atoms with Crippen LogP contribution in [0, 0.1) is 5.92 Å². The number of hydrogen-bond donors (Lipinski definition) is 2. The van der Waals surface area contributed by atoms with Crippen LogP contribution in [0.2, 0.25) is 0 Å². The molecule has 1 saturated heterocycles. The number of ether oxygens (including phenoxy) is 1. The van der Waals surface area contributed by atoms with Crippen LogP contribution in [0.5, 0.6) is 0 Å². The monoisotopic (exact) mass is 462 g/mol. The number of anilines is 1. The lowest BCUT2D eigenvalue weighted by Gasteiger charge is -2.37. The molecule has 2 heterocycles. The molecule has 4 rings (SSSR count). The van der Waals surface area contributed by atoms with Crippen LogP contribution in [0.15, 0.2) is 0 Å². The number of nitrogens with zero attached hydrogens (tertiary/aromatic N) is 2. The highest BCUT2D eigenvalue weighted by atomic mass is 32.1. The molecule has 0 unspecified atom stereocenters. The minimum Gasteiger partial charge on any atom is -0.465 e. The Balaban J connectivity index is 1.31. The lowest BCUT2D eigenvalue weighted by Crippen LogP contribution is -2.55. The first-order valence-corrected chi connectivity index (χ1v) is 12.5. The normalized spacial score (nSPS) is 22.7. The largest absolute Gasteiger partial charge is 0.465 e. The first-order valence-electron chi connectivity index (χ1n) is 11.6. The molecule has 1 saturated carbocycles. The molecule has 8 nitrogen and oxygen atoms in total. The fourth-order valence-corrected chi connectivity index (χ4v) is 5.97. The number of fused-ring (bicyclic) bond motifs is 1. The van der Waals surface area contributed by atoms with Gasteiger partial charge in [0.05, 0.1) is 25.3 Å². The maximum atomic E-state index is 12.8. The van der Waals surface area contributed by atoms with E-state index in [2.05, 4.69) is 27.4 Å². The van der Waals surface area contributed by atoms with Gasteiger partial charge in [-0.05, 0) is 50.5 Å². The molecule has 32 heavy (non-hydrogen) atoms. The molecule has 176 valence electrons. The molecule has 0 radical (unpaired) electrons. The van der Waals surface area contributed by atoms with Crippen LogP contribution in [-0.4, -0.2) is 79.5 Å². The van der Waals surface area contributed by atoms with Gasteiger partial charge in [0.15, 0.2) is 0 Å². The van der Waals surface area contributed by atoms with Crippen molar-refractivity contribution in [3.8, 4) is 0 Å². The van der Waals surface area contributed by atoms with Crippen molar-refractivity contribution >= 4 is 34.1 Å². The molecule has 3 aliphatic rings. The van der Waals surface area contributed by atoms with Gasteiger partial charge < -0.3 is 15.4 Å². The molecule has 2 aliphatic carbocycles. The molecule has 0 aromatic carbocycles. The summed E-state index contributed by atoms with van der Waals surface area (Å²) in [5, 5.41) is 6.67. The first-order chi connectivity index (χ1) is 15.4. The van der Waals surface area contributed by atoms with Crippen molar-refractivity contribution in [1.29, 1.82) is 0 Å². The number of esters is 1. The number of thiophene rings is 1. The van der Waals surface area contributed by atoms with Crippen molar-refractivity contribution in [3.05, 3.63) is 16.0 Å². The summed E-state index contributed by atoms with van der Waals surface area (Å²) in [7, 11) is 1.38. The van der Waals surface area contributed by atoms with E-state index in [9.17, 15) is 14.4 Å². The number of piperazine rings is 1. The van der Waals surface area contributed by atoms with Crippen molar-refractivity contribution in [3.63, 3.8) is 0 Å². The van der Waals surface area contributed by atoms with Crippen molar-refractivity contribution in [2.24, 2.45) is 5.92 Å². The number of methoxy groups -OCH3 is 1. The van der Waals surface area contributed by atoms with Crippen LogP contribution in [-0.2, 0) is 27.2 Å². The molecule has 2 N–H and O–H groups in total. The third-order valence-corrected chi connectivity index (χ3v) is 7.95. The maximum absolute atomic E-state index is 12.8. The van der Waals surface area contributed by atoms with Crippen LogP contribution in [0.1, 0.15) is 53.9 Å². The smallest absolute Gasteiger partial charge is 0.341 e. The Morgan fingerprint density at radius 3 is 2.53 bits per heavy atom. The first kappa shape index (κ1) is 23.2. The highest BCUT2D eigenvalue weighted by Crippen LogP contribution is 2.40. The Bertz CT molecular complexity index is 874. The van der Waals surface area contributed by atoms with E-state index in [0.717, 1.165) is 63.8 Å². The molecule has 0 bridgehead atoms. The fraction of sp³-hybridized carbons (Fsp3) is 0.696. The van der Waals surface area contributed by atoms with Gasteiger partial charge in [-0.1, -0.05) is 6.92 Å². The molecule has 1 aromatic heterocycles. The second-order valence-corrected chi connectivity index (χ2v) is 10.5. The van der Waals surface area contributed by atoms with Crippen LogP contribution >= 0.6 is 11.3 Å². The van der Waals surface area contributed by atoms with E-state index in [1.807, 2.05) is 6.92 Å². The quantitative estimate of drug-likeness (QED) is 0.602. The number of hydrogen-bond acceptors (Lipinski definition) is 7. The van der Waals surface area contributed by atoms with E-state index in [1.54, 1.807) is 0 Å². The maximum Gasteiger partial charge on any atom is 0.341 e. The second kappa shape index (κ2) is 9.89. The minimum absolute atomic E-state index is 0.102. The number of amides is 2. The summed E-state index contributed by atoms with van der Waals surface area (Å²) in [5.74, 6) is 0.194. The number of carbonyl (C=O) groups excluding carboxylic acids is 3. The van der Waals surface area contributed by atoms with Gasteiger partial charge >= 0.3 is 5.97 Å². The number of nitrogens with one attached hydrogen (secondary N) is 2. The highest BCUT2D eigenvalue weighted by Gasteiger charge is 2.31. The van der Waals surface area contributed by atoms with Gasteiger partial charge in [0.25, 0.3) is 0 Å². The Hall–Kier alpha value is -1.97. The van der Waals surface area contributed by atoms with E-state index in [0.29, 0.717) is 22.5 Å². The van der Waals surface area contributed by atoms with Crippen LogP contribution < -0.4 is 10.6 Å². The summed E-state index contributed by atoms with van der Waals surface area (Å²) in [6.45, 7) is 7.42. The average molecular weight is 463 g/mol.